The molecule has 4 aromatic carbocycles. The number of nitrogens with zero attached hydrogens (tertiary/aromatic N) is 3. The second-order valence-corrected chi connectivity index (χ2v) is 10.6. The molecule has 1 fully saturated rings. The predicted molar refractivity (Wildman–Crippen MR) is 171 cm³/mol. The molecule has 4 aromatic rings. The molecule has 0 radical (unpaired) electrons. The SMILES string of the molecule is COc1cccc(CN(Cc2ccc(N3CCOCC3)cc2)c2cccc(OCCOc3cccc(N(C)C)c3)c2)c1. The molecule has 42 heavy (non-hydrogen) atoms. The monoisotopic (exact) mass is 567 g/mol. The Hall–Kier alpha value is -4.36. The van der Waals surface area contributed by atoms with Crippen LogP contribution in [-0.4, -0.2) is 60.7 Å². The molecule has 220 valence electrons. The summed E-state index contributed by atoms with van der Waals surface area (Å²) in [6.45, 7) is 5.84. The van der Waals surface area contributed by atoms with Crippen molar-refractivity contribution >= 4 is 17.1 Å². The molecule has 0 aliphatic carbocycles. The summed E-state index contributed by atoms with van der Waals surface area (Å²) in [6, 6.07) is 33.5. The zero-order valence-corrected chi connectivity index (χ0v) is 24.9. The molecule has 1 heterocycles. The largest absolute Gasteiger partial charge is 0.497 e. The van der Waals surface area contributed by atoms with E-state index in [9.17, 15) is 0 Å². The third-order valence-corrected chi connectivity index (χ3v) is 7.33. The first-order valence-electron chi connectivity index (χ1n) is 14.5. The van der Waals surface area contributed by atoms with E-state index >= 15 is 0 Å². The van der Waals surface area contributed by atoms with Gasteiger partial charge in [-0.3, -0.25) is 0 Å². The van der Waals surface area contributed by atoms with Crippen molar-refractivity contribution in [3.8, 4) is 17.2 Å². The number of hydrogen-bond donors (Lipinski definition) is 0. The van der Waals surface area contributed by atoms with Crippen molar-refractivity contribution in [2.24, 2.45) is 0 Å². The first-order chi connectivity index (χ1) is 20.6. The summed E-state index contributed by atoms with van der Waals surface area (Å²) in [5, 5.41) is 0. The van der Waals surface area contributed by atoms with Gasteiger partial charge >= 0.3 is 0 Å². The maximum atomic E-state index is 6.12. The highest BCUT2D eigenvalue weighted by molar-refractivity contribution is 5.53. The number of benzene rings is 4. The van der Waals surface area contributed by atoms with Gasteiger partial charge in [0.25, 0.3) is 0 Å². The lowest BCUT2D eigenvalue weighted by Crippen LogP contribution is -2.36. The van der Waals surface area contributed by atoms with E-state index in [1.54, 1.807) is 7.11 Å². The molecule has 0 atom stereocenters. The minimum absolute atomic E-state index is 0.453. The maximum absolute atomic E-state index is 6.12. The molecule has 0 amide bonds. The smallest absolute Gasteiger partial charge is 0.122 e. The zero-order chi connectivity index (χ0) is 29.1. The van der Waals surface area contributed by atoms with Crippen LogP contribution < -0.4 is 28.9 Å². The highest BCUT2D eigenvalue weighted by Gasteiger charge is 2.14. The number of morpholine rings is 1. The molecule has 0 saturated carbocycles. The molecule has 0 N–H and O–H groups in total. The fourth-order valence-corrected chi connectivity index (χ4v) is 5.02. The van der Waals surface area contributed by atoms with Gasteiger partial charge < -0.3 is 33.6 Å². The van der Waals surface area contributed by atoms with Gasteiger partial charge in [0.05, 0.1) is 20.3 Å². The van der Waals surface area contributed by atoms with Crippen molar-refractivity contribution in [2.75, 3.05) is 75.4 Å². The Morgan fingerprint density at radius 3 is 1.93 bits per heavy atom. The molecular weight excluding hydrogens is 526 g/mol. The number of anilines is 3. The van der Waals surface area contributed by atoms with Crippen molar-refractivity contribution in [3.05, 3.63) is 108 Å². The Morgan fingerprint density at radius 2 is 1.26 bits per heavy atom. The second kappa shape index (κ2) is 14.5. The standard InChI is InChI=1S/C35H41N3O4/c1-36(2)31-8-5-11-34(24-31)41-21-22-42-35-12-6-9-32(25-35)38(27-29-7-4-10-33(23-29)39-3)26-28-13-15-30(16-14-28)37-17-19-40-20-18-37/h4-16,23-25H,17-22,26-27H2,1-3H3. The lowest BCUT2D eigenvalue weighted by atomic mass is 10.1. The van der Waals surface area contributed by atoms with E-state index in [-0.39, 0.29) is 0 Å². The van der Waals surface area contributed by atoms with E-state index < -0.39 is 0 Å². The highest BCUT2D eigenvalue weighted by Crippen LogP contribution is 2.27. The van der Waals surface area contributed by atoms with Crippen LogP contribution >= 0.6 is 0 Å². The van der Waals surface area contributed by atoms with Crippen molar-refractivity contribution in [1.82, 2.24) is 0 Å². The molecule has 1 aliphatic heterocycles. The summed E-state index contributed by atoms with van der Waals surface area (Å²) in [5.74, 6) is 2.51. The molecule has 1 saturated heterocycles. The highest BCUT2D eigenvalue weighted by atomic mass is 16.5. The molecule has 0 aromatic heterocycles. The maximum Gasteiger partial charge on any atom is 0.122 e. The van der Waals surface area contributed by atoms with Gasteiger partial charge in [-0.2, -0.15) is 0 Å². The molecule has 5 rings (SSSR count). The first kappa shape index (κ1) is 29.1. The van der Waals surface area contributed by atoms with Gasteiger partial charge in [0.15, 0.2) is 0 Å². The number of rotatable bonds is 13. The third kappa shape index (κ3) is 8.10. The minimum Gasteiger partial charge on any atom is -0.497 e. The molecule has 0 unspecified atom stereocenters. The van der Waals surface area contributed by atoms with Crippen molar-refractivity contribution in [2.45, 2.75) is 13.1 Å². The lowest BCUT2D eigenvalue weighted by Gasteiger charge is -2.29. The van der Waals surface area contributed by atoms with Gasteiger partial charge in [-0.1, -0.05) is 36.4 Å². The summed E-state index contributed by atoms with van der Waals surface area (Å²) < 4.78 is 23.1. The van der Waals surface area contributed by atoms with Gasteiger partial charge in [-0.05, 0) is 59.7 Å². The molecule has 7 nitrogen and oxygen atoms in total. The second-order valence-electron chi connectivity index (χ2n) is 10.6. The van der Waals surface area contributed by atoms with Gasteiger partial charge in [-0.15, -0.1) is 0 Å². The minimum atomic E-state index is 0.453. The van der Waals surface area contributed by atoms with Crippen molar-refractivity contribution in [1.29, 1.82) is 0 Å². The number of methoxy groups -OCH3 is 1. The van der Waals surface area contributed by atoms with Crippen LogP contribution in [0, 0.1) is 0 Å². The van der Waals surface area contributed by atoms with E-state index in [1.165, 1.54) is 16.8 Å². The third-order valence-electron chi connectivity index (χ3n) is 7.33. The van der Waals surface area contributed by atoms with Crippen LogP contribution in [0.5, 0.6) is 17.2 Å². The van der Waals surface area contributed by atoms with Gasteiger partial charge in [0.1, 0.15) is 30.5 Å². The van der Waals surface area contributed by atoms with Crippen LogP contribution in [0.25, 0.3) is 0 Å². The summed E-state index contributed by atoms with van der Waals surface area (Å²) in [6.07, 6.45) is 0. The Bertz CT molecular complexity index is 1400. The summed E-state index contributed by atoms with van der Waals surface area (Å²) in [4.78, 5) is 6.81. The molecule has 1 aliphatic rings. The fourth-order valence-electron chi connectivity index (χ4n) is 5.02. The van der Waals surface area contributed by atoms with E-state index in [2.05, 4.69) is 69.3 Å². The molecule has 7 heteroatoms. The first-order valence-corrected chi connectivity index (χ1v) is 14.5. The van der Waals surface area contributed by atoms with Gasteiger partial charge in [0.2, 0.25) is 0 Å². The Kier molecular flexibility index (Phi) is 10.1. The Morgan fingerprint density at radius 1 is 0.667 bits per heavy atom. The average molecular weight is 568 g/mol. The van der Waals surface area contributed by atoms with E-state index in [0.717, 1.165) is 68.0 Å². The van der Waals surface area contributed by atoms with Crippen LogP contribution in [0.15, 0.2) is 97.1 Å². The van der Waals surface area contributed by atoms with Crippen LogP contribution in [0.1, 0.15) is 11.1 Å². The molecule has 0 spiro atoms. The summed E-state index contributed by atoms with van der Waals surface area (Å²) in [5.41, 5.74) is 5.86. The predicted octanol–water partition coefficient (Wildman–Crippen LogP) is 6.26. The molecular formula is C35H41N3O4. The fraction of sp³-hybridized carbons (Fsp3) is 0.314. The number of hydrogen-bond acceptors (Lipinski definition) is 7. The Labute approximate surface area is 249 Å². The molecule has 0 bridgehead atoms. The van der Waals surface area contributed by atoms with Crippen LogP contribution in [0.3, 0.4) is 0 Å². The van der Waals surface area contributed by atoms with Crippen molar-refractivity contribution in [3.63, 3.8) is 0 Å². The van der Waals surface area contributed by atoms with Crippen molar-refractivity contribution < 1.29 is 18.9 Å². The number of ether oxygens (including phenoxy) is 4. The van der Waals surface area contributed by atoms with Crippen LogP contribution in [0.2, 0.25) is 0 Å². The van der Waals surface area contributed by atoms with E-state index in [4.69, 9.17) is 18.9 Å². The zero-order valence-electron chi connectivity index (χ0n) is 24.9. The van der Waals surface area contributed by atoms with E-state index in [1.807, 2.05) is 56.6 Å². The summed E-state index contributed by atoms with van der Waals surface area (Å²) in [7, 11) is 5.75. The topological polar surface area (TPSA) is 46.6 Å². The quantitative estimate of drug-likeness (QED) is 0.177. The average Bonchev–Trinajstić information content (AvgIpc) is 3.04. The van der Waals surface area contributed by atoms with Gasteiger partial charge in [-0.25, -0.2) is 0 Å². The normalized spacial score (nSPS) is 13.0. The lowest BCUT2D eigenvalue weighted by molar-refractivity contribution is 0.122. The van der Waals surface area contributed by atoms with Gasteiger partial charge in [0, 0.05) is 69.5 Å². The van der Waals surface area contributed by atoms with Crippen LogP contribution in [0.4, 0.5) is 17.1 Å². The Balaban J connectivity index is 1.27. The summed E-state index contributed by atoms with van der Waals surface area (Å²) >= 11 is 0. The van der Waals surface area contributed by atoms with Crippen LogP contribution in [-0.2, 0) is 17.8 Å². The van der Waals surface area contributed by atoms with E-state index in [0.29, 0.717) is 13.2 Å².